The van der Waals surface area contributed by atoms with Crippen molar-refractivity contribution in [3.8, 4) is 0 Å². The first kappa shape index (κ1) is 18.0. The van der Waals surface area contributed by atoms with Crippen molar-refractivity contribution in [3.05, 3.63) is 29.3 Å². The van der Waals surface area contributed by atoms with Gasteiger partial charge in [0.25, 0.3) is 0 Å². The number of benzene rings is 1. The van der Waals surface area contributed by atoms with Gasteiger partial charge in [-0.3, -0.25) is 9.59 Å². The highest BCUT2D eigenvalue weighted by Crippen LogP contribution is 2.31. The van der Waals surface area contributed by atoms with Gasteiger partial charge >= 0.3 is 0 Å². The van der Waals surface area contributed by atoms with Gasteiger partial charge in [0.1, 0.15) is 0 Å². The topological polar surface area (TPSA) is 37.4 Å². The summed E-state index contributed by atoms with van der Waals surface area (Å²) in [6.45, 7) is 6.79. The number of Topliss-reactive ketones (excluding diaryl/α,β-unsaturated/α-hetero) is 1. The summed E-state index contributed by atoms with van der Waals surface area (Å²) >= 11 is 6.08. The van der Waals surface area contributed by atoms with Crippen LogP contribution in [0.2, 0.25) is 0 Å². The number of alkyl halides is 1. The molecule has 1 unspecified atom stereocenters. The average Bonchev–Trinajstić information content (AvgIpc) is 2.60. The van der Waals surface area contributed by atoms with Gasteiger partial charge < -0.3 is 4.90 Å². The molecule has 4 heteroatoms. The molecule has 2 rings (SSSR count). The lowest BCUT2D eigenvalue weighted by Gasteiger charge is -2.32. The Morgan fingerprint density at radius 3 is 2.48 bits per heavy atom. The Labute approximate surface area is 144 Å². The van der Waals surface area contributed by atoms with Crippen molar-refractivity contribution in [1.82, 2.24) is 0 Å². The monoisotopic (exact) mass is 335 g/mol. The van der Waals surface area contributed by atoms with Crippen molar-refractivity contribution in [2.75, 3.05) is 11.4 Å². The molecule has 0 bridgehead atoms. The van der Waals surface area contributed by atoms with Gasteiger partial charge in [-0.05, 0) is 55.9 Å². The van der Waals surface area contributed by atoms with Gasteiger partial charge in [0.05, 0.1) is 5.38 Å². The number of rotatable bonds is 6. The molecule has 3 nitrogen and oxygen atoms in total. The van der Waals surface area contributed by atoms with Crippen LogP contribution in [0.5, 0.6) is 0 Å². The second kappa shape index (κ2) is 7.96. The summed E-state index contributed by atoms with van der Waals surface area (Å²) < 4.78 is 0. The zero-order chi connectivity index (χ0) is 17.0. The molecule has 0 saturated heterocycles. The molecule has 0 fully saturated rings. The fourth-order valence-electron chi connectivity index (χ4n) is 3.20. The number of aryl methyl sites for hydroxylation is 1. The first-order chi connectivity index (χ1) is 11.0. The minimum absolute atomic E-state index is 0.0274. The summed E-state index contributed by atoms with van der Waals surface area (Å²) in [6, 6.07) is 5.65. The SMILES string of the molecule is CCC(Cl)C(=O)c1ccc2c(c1)CCCN2C(=O)C(CC)CC. The molecule has 1 atom stereocenters. The van der Waals surface area contributed by atoms with E-state index >= 15 is 0 Å². The van der Waals surface area contributed by atoms with Crippen LogP contribution in [0.25, 0.3) is 0 Å². The highest BCUT2D eigenvalue weighted by Gasteiger charge is 2.27. The number of nitrogens with zero attached hydrogens (tertiary/aromatic N) is 1. The van der Waals surface area contributed by atoms with Crippen molar-refractivity contribution in [2.45, 2.75) is 58.3 Å². The fourth-order valence-corrected chi connectivity index (χ4v) is 3.33. The summed E-state index contributed by atoms with van der Waals surface area (Å²) in [5, 5.41) is -0.473. The van der Waals surface area contributed by atoms with Gasteiger partial charge in [0.15, 0.2) is 5.78 Å². The average molecular weight is 336 g/mol. The Bertz CT molecular complexity index is 581. The predicted molar refractivity (Wildman–Crippen MR) is 95.5 cm³/mol. The Morgan fingerprint density at radius 2 is 1.87 bits per heavy atom. The zero-order valence-corrected chi connectivity index (χ0v) is 15.0. The summed E-state index contributed by atoms with van der Waals surface area (Å²) in [5.74, 6) is 0.258. The van der Waals surface area contributed by atoms with Crippen LogP contribution in [-0.2, 0) is 11.2 Å². The number of hydrogen-bond acceptors (Lipinski definition) is 2. The number of ketones is 1. The third-order valence-corrected chi connectivity index (χ3v) is 5.23. The first-order valence-corrected chi connectivity index (χ1v) is 9.09. The summed E-state index contributed by atoms with van der Waals surface area (Å²) in [7, 11) is 0. The molecule has 0 spiro atoms. The largest absolute Gasteiger partial charge is 0.312 e. The maximum absolute atomic E-state index is 12.7. The summed E-state index contributed by atoms with van der Waals surface area (Å²) in [4.78, 5) is 26.9. The lowest BCUT2D eigenvalue weighted by Crippen LogP contribution is -2.39. The Kier molecular flexibility index (Phi) is 6.23. The number of halogens is 1. The van der Waals surface area contributed by atoms with Crippen LogP contribution < -0.4 is 4.90 Å². The molecule has 1 aromatic rings. The lowest BCUT2D eigenvalue weighted by atomic mass is 9.94. The number of carbonyl (C=O) groups excluding carboxylic acids is 2. The summed E-state index contributed by atoms with van der Waals surface area (Å²) in [5.41, 5.74) is 2.70. The van der Waals surface area contributed by atoms with Crippen LogP contribution in [0.15, 0.2) is 18.2 Å². The van der Waals surface area contributed by atoms with E-state index in [2.05, 4.69) is 13.8 Å². The van der Waals surface area contributed by atoms with Gasteiger partial charge in [-0.25, -0.2) is 0 Å². The number of hydrogen-bond donors (Lipinski definition) is 0. The zero-order valence-electron chi connectivity index (χ0n) is 14.3. The number of carbonyl (C=O) groups is 2. The third kappa shape index (κ3) is 3.77. The van der Waals surface area contributed by atoms with E-state index in [1.165, 1.54) is 0 Å². The maximum atomic E-state index is 12.7. The standard InChI is InChI=1S/C19H26ClNO2/c1-4-13(5-2)19(23)21-11-7-8-14-12-15(9-10-17(14)21)18(22)16(20)6-3/h9-10,12-13,16H,4-8,11H2,1-3H3. The smallest absolute Gasteiger partial charge is 0.230 e. The van der Waals surface area contributed by atoms with Gasteiger partial charge in [-0.2, -0.15) is 0 Å². The summed E-state index contributed by atoms with van der Waals surface area (Å²) in [6.07, 6.45) is 4.19. The van der Waals surface area contributed by atoms with E-state index in [0.29, 0.717) is 12.0 Å². The predicted octanol–water partition coefficient (Wildman–Crippen LogP) is 4.60. The van der Waals surface area contributed by atoms with Crippen LogP contribution in [0, 0.1) is 5.92 Å². The number of amides is 1. The normalized spacial score (nSPS) is 15.4. The van der Waals surface area contributed by atoms with E-state index < -0.39 is 5.38 Å². The Hall–Kier alpha value is -1.35. The minimum atomic E-state index is -0.473. The lowest BCUT2D eigenvalue weighted by molar-refractivity contribution is -0.122. The maximum Gasteiger partial charge on any atom is 0.230 e. The molecule has 1 aromatic carbocycles. The molecule has 1 amide bonds. The van der Waals surface area contributed by atoms with E-state index in [0.717, 1.165) is 43.5 Å². The van der Waals surface area contributed by atoms with Crippen LogP contribution >= 0.6 is 11.6 Å². The van der Waals surface area contributed by atoms with Gasteiger partial charge in [0.2, 0.25) is 5.91 Å². The molecule has 1 heterocycles. The molecule has 1 aliphatic heterocycles. The first-order valence-electron chi connectivity index (χ1n) is 8.65. The second-order valence-electron chi connectivity index (χ2n) is 6.19. The molecule has 1 aliphatic rings. The van der Waals surface area contributed by atoms with Crippen LogP contribution in [0.1, 0.15) is 62.4 Å². The van der Waals surface area contributed by atoms with E-state index in [1.54, 1.807) is 0 Å². The highest BCUT2D eigenvalue weighted by atomic mass is 35.5. The Morgan fingerprint density at radius 1 is 1.17 bits per heavy atom. The molecule has 0 N–H and O–H groups in total. The molecule has 23 heavy (non-hydrogen) atoms. The molecule has 0 aromatic heterocycles. The molecule has 0 saturated carbocycles. The van der Waals surface area contributed by atoms with E-state index in [1.807, 2.05) is 30.0 Å². The van der Waals surface area contributed by atoms with Gasteiger partial charge in [0, 0.05) is 23.7 Å². The number of anilines is 1. The van der Waals surface area contributed by atoms with Crippen LogP contribution in [0.4, 0.5) is 5.69 Å². The second-order valence-corrected chi connectivity index (χ2v) is 6.72. The van der Waals surface area contributed by atoms with Crippen molar-refractivity contribution in [3.63, 3.8) is 0 Å². The van der Waals surface area contributed by atoms with Crippen LogP contribution in [0.3, 0.4) is 0 Å². The fraction of sp³-hybridized carbons (Fsp3) is 0.579. The highest BCUT2D eigenvalue weighted by molar-refractivity contribution is 6.33. The van der Waals surface area contributed by atoms with Crippen molar-refractivity contribution < 1.29 is 9.59 Å². The van der Waals surface area contributed by atoms with Crippen molar-refractivity contribution in [1.29, 1.82) is 0 Å². The quantitative estimate of drug-likeness (QED) is 0.562. The molecule has 0 radical (unpaired) electrons. The molecular weight excluding hydrogens is 310 g/mol. The van der Waals surface area contributed by atoms with E-state index in [9.17, 15) is 9.59 Å². The molecule has 0 aliphatic carbocycles. The molecular formula is C19H26ClNO2. The minimum Gasteiger partial charge on any atom is -0.312 e. The number of fused-ring (bicyclic) bond motifs is 1. The van der Waals surface area contributed by atoms with Gasteiger partial charge in [-0.15, -0.1) is 11.6 Å². The van der Waals surface area contributed by atoms with Crippen LogP contribution in [-0.4, -0.2) is 23.6 Å². The van der Waals surface area contributed by atoms with E-state index in [4.69, 9.17) is 11.6 Å². The van der Waals surface area contributed by atoms with Crippen molar-refractivity contribution >= 4 is 29.0 Å². The molecule has 126 valence electrons. The van der Waals surface area contributed by atoms with E-state index in [-0.39, 0.29) is 17.6 Å². The third-order valence-electron chi connectivity index (χ3n) is 4.73. The van der Waals surface area contributed by atoms with Gasteiger partial charge in [-0.1, -0.05) is 20.8 Å². The Balaban J connectivity index is 2.30. The van der Waals surface area contributed by atoms with Crippen molar-refractivity contribution in [2.24, 2.45) is 5.92 Å².